The number of hydrogen-bond acceptors (Lipinski definition) is 3. The van der Waals surface area contributed by atoms with E-state index in [-0.39, 0.29) is 5.54 Å². The van der Waals surface area contributed by atoms with Crippen LogP contribution in [0.1, 0.15) is 70.1 Å². The van der Waals surface area contributed by atoms with Crippen LogP contribution in [0.5, 0.6) is 0 Å². The monoisotopic (exact) mass is 578 g/mol. The molecule has 30 heavy (non-hydrogen) atoms. The van der Waals surface area contributed by atoms with E-state index in [9.17, 15) is 0 Å². The summed E-state index contributed by atoms with van der Waals surface area (Å²) >= 11 is 6.00. The minimum atomic E-state index is -0.219. The van der Waals surface area contributed by atoms with Gasteiger partial charge in [-0.1, -0.05) is 76.2 Å². The van der Waals surface area contributed by atoms with Gasteiger partial charge in [-0.2, -0.15) is 0 Å². The van der Waals surface area contributed by atoms with Crippen molar-refractivity contribution in [3.05, 3.63) is 65.2 Å². The Hall–Kier alpha value is -0.966. The van der Waals surface area contributed by atoms with E-state index in [0.717, 1.165) is 17.0 Å². The van der Waals surface area contributed by atoms with Gasteiger partial charge in [-0.05, 0) is 36.8 Å². The molecule has 1 heterocycles. The van der Waals surface area contributed by atoms with E-state index in [2.05, 4.69) is 100 Å². The van der Waals surface area contributed by atoms with Crippen LogP contribution in [0, 0.1) is 0 Å². The molecular weight excluding hydrogens is 551 g/mol. The van der Waals surface area contributed by atoms with Crippen LogP contribution in [-0.4, -0.2) is 23.8 Å². The molecule has 0 atom stereocenters. The number of aliphatic imine (C=N–C) groups is 2. The molecule has 166 valence electrons. The Bertz CT molecular complexity index is 867. The summed E-state index contributed by atoms with van der Waals surface area (Å²) in [7, 11) is 1.25. The first-order valence-corrected chi connectivity index (χ1v) is 14.9. The van der Waals surface area contributed by atoms with Gasteiger partial charge >= 0.3 is 39.3 Å². The van der Waals surface area contributed by atoms with E-state index < -0.39 is 0 Å². The SMILES string of the molecule is CC(C)c1cccc(C(C)C)c1N=C(C1=NC(C)(C)CO1)c1ccccc1.[Br][Ni][Br]. The third kappa shape index (κ3) is 6.77. The molecule has 0 aliphatic carbocycles. The first-order valence-electron chi connectivity index (χ1n) is 10.0. The molecule has 0 aromatic heterocycles. The second-order valence-electron chi connectivity index (χ2n) is 8.48. The van der Waals surface area contributed by atoms with Crippen LogP contribution in [0.2, 0.25) is 0 Å². The quantitative estimate of drug-likeness (QED) is 0.261. The molecule has 2 aromatic carbocycles. The van der Waals surface area contributed by atoms with Gasteiger partial charge in [0.25, 0.3) is 0 Å². The zero-order valence-electron chi connectivity index (χ0n) is 18.4. The summed E-state index contributed by atoms with van der Waals surface area (Å²) in [5.41, 5.74) is 5.19. The molecule has 0 amide bonds. The molecule has 1 aliphatic rings. The fourth-order valence-corrected chi connectivity index (χ4v) is 3.29. The zero-order chi connectivity index (χ0) is 22.3. The van der Waals surface area contributed by atoms with Crippen molar-refractivity contribution < 1.29 is 15.6 Å². The Morgan fingerprint density at radius 2 is 1.50 bits per heavy atom. The van der Waals surface area contributed by atoms with Gasteiger partial charge in [0.2, 0.25) is 5.90 Å². The zero-order valence-corrected chi connectivity index (χ0v) is 22.5. The summed E-state index contributed by atoms with van der Waals surface area (Å²) in [6, 6.07) is 16.7. The third-order valence-corrected chi connectivity index (χ3v) is 4.78. The molecule has 3 nitrogen and oxygen atoms in total. The number of halogens is 2. The normalized spacial score (nSPS) is 15.7. The van der Waals surface area contributed by atoms with Crippen LogP contribution < -0.4 is 0 Å². The van der Waals surface area contributed by atoms with Gasteiger partial charge in [-0.25, -0.2) is 9.98 Å². The van der Waals surface area contributed by atoms with E-state index >= 15 is 0 Å². The van der Waals surface area contributed by atoms with Crippen LogP contribution in [0.3, 0.4) is 0 Å². The topological polar surface area (TPSA) is 34.0 Å². The van der Waals surface area contributed by atoms with Gasteiger partial charge in [0.05, 0.1) is 11.2 Å². The van der Waals surface area contributed by atoms with Crippen molar-refractivity contribution in [1.29, 1.82) is 0 Å². The fraction of sp³-hybridized carbons (Fsp3) is 0.417. The minimum absolute atomic E-state index is 0.219. The van der Waals surface area contributed by atoms with Crippen molar-refractivity contribution >= 4 is 45.7 Å². The van der Waals surface area contributed by atoms with Gasteiger partial charge in [0, 0.05) is 5.56 Å². The summed E-state index contributed by atoms with van der Waals surface area (Å²) in [5.74, 6) is 1.42. The van der Waals surface area contributed by atoms with Crippen molar-refractivity contribution in [3.8, 4) is 0 Å². The molecular formula is C24H30Br2N2NiO. The number of rotatable bonds is 5. The Morgan fingerprint density at radius 1 is 0.967 bits per heavy atom. The molecule has 0 saturated carbocycles. The van der Waals surface area contributed by atoms with Crippen LogP contribution in [0.15, 0.2) is 58.5 Å². The number of para-hydroxylation sites is 1. The summed E-state index contributed by atoms with van der Waals surface area (Å²) in [6.45, 7) is 13.6. The Labute approximate surface area is 201 Å². The predicted molar refractivity (Wildman–Crippen MR) is 133 cm³/mol. The molecule has 2 aromatic rings. The van der Waals surface area contributed by atoms with Gasteiger partial charge in [0.15, 0.2) is 0 Å². The van der Waals surface area contributed by atoms with E-state index in [0.29, 0.717) is 24.3 Å². The van der Waals surface area contributed by atoms with Gasteiger partial charge in [-0.3, -0.25) is 0 Å². The van der Waals surface area contributed by atoms with Crippen LogP contribution in [-0.2, 0) is 15.6 Å². The van der Waals surface area contributed by atoms with Crippen molar-refractivity contribution in [2.45, 2.75) is 58.9 Å². The summed E-state index contributed by atoms with van der Waals surface area (Å²) < 4.78 is 5.98. The molecule has 6 heteroatoms. The average molecular weight is 581 g/mol. The Kier molecular flexibility index (Phi) is 9.78. The predicted octanol–water partition coefficient (Wildman–Crippen LogP) is 7.95. The van der Waals surface area contributed by atoms with Crippen molar-refractivity contribution in [2.75, 3.05) is 6.61 Å². The van der Waals surface area contributed by atoms with E-state index in [1.807, 2.05) is 18.2 Å². The standard InChI is InChI=1S/C24H30N2O.2BrH.Ni/c1-16(2)19-13-10-14-20(17(3)4)22(19)25-21(18-11-8-7-9-12-18)23-26-24(5,6)15-27-23;;;/h7-14,16-17H,15H2,1-6H3;2*1H;/q;;;+2/p-2. The molecule has 0 N–H and O–H groups in total. The number of hydrogen-bond donors (Lipinski definition) is 0. The van der Waals surface area contributed by atoms with Crippen LogP contribution >= 0.6 is 28.5 Å². The maximum absolute atomic E-state index is 5.98. The second kappa shape index (κ2) is 11.6. The van der Waals surface area contributed by atoms with Crippen LogP contribution in [0.4, 0.5) is 5.69 Å². The maximum atomic E-state index is 5.98. The van der Waals surface area contributed by atoms with Crippen molar-refractivity contribution in [1.82, 2.24) is 0 Å². The fourth-order valence-electron chi connectivity index (χ4n) is 3.29. The third-order valence-electron chi connectivity index (χ3n) is 4.78. The number of nitrogens with zero attached hydrogens (tertiary/aromatic N) is 2. The molecule has 0 fully saturated rings. The van der Waals surface area contributed by atoms with Gasteiger partial charge in [0.1, 0.15) is 12.3 Å². The van der Waals surface area contributed by atoms with E-state index in [1.54, 1.807) is 0 Å². The Morgan fingerprint density at radius 3 is 1.93 bits per heavy atom. The summed E-state index contributed by atoms with van der Waals surface area (Å²) in [4.78, 5) is 9.99. The molecule has 0 spiro atoms. The molecule has 0 bridgehead atoms. The first kappa shape index (κ1) is 25.3. The van der Waals surface area contributed by atoms with E-state index in [1.165, 1.54) is 22.0 Å². The summed E-state index contributed by atoms with van der Waals surface area (Å²) in [5, 5.41) is 0. The second-order valence-corrected chi connectivity index (χ2v) is 13.5. The molecule has 3 rings (SSSR count). The molecule has 0 saturated heterocycles. The first-order chi connectivity index (χ1) is 14.2. The Balaban J connectivity index is 0.00000101. The average Bonchev–Trinajstić information content (AvgIpc) is 3.06. The van der Waals surface area contributed by atoms with Crippen molar-refractivity contribution in [3.63, 3.8) is 0 Å². The van der Waals surface area contributed by atoms with E-state index in [4.69, 9.17) is 14.7 Å². The molecule has 0 unspecified atom stereocenters. The number of ether oxygens (including phenoxy) is 1. The molecule has 0 radical (unpaired) electrons. The van der Waals surface area contributed by atoms with Gasteiger partial charge < -0.3 is 4.74 Å². The number of benzene rings is 2. The molecule has 1 aliphatic heterocycles. The van der Waals surface area contributed by atoms with Gasteiger partial charge in [-0.15, -0.1) is 0 Å². The summed E-state index contributed by atoms with van der Waals surface area (Å²) in [6.07, 6.45) is 0. The van der Waals surface area contributed by atoms with Crippen molar-refractivity contribution in [2.24, 2.45) is 9.98 Å². The van der Waals surface area contributed by atoms with Crippen LogP contribution in [0.25, 0.3) is 0 Å².